The smallest absolute Gasteiger partial charge is 0.294 e. The maximum Gasteiger partial charge on any atom is 0.294 e. The van der Waals surface area contributed by atoms with Crippen molar-refractivity contribution in [1.29, 1.82) is 0 Å². The summed E-state index contributed by atoms with van der Waals surface area (Å²) in [7, 11) is 1.57. The zero-order valence-electron chi connectivity index (χ0n) is 17.6. The van der Waals surface area contributed by atoms with Crippen molar-refractivity contribution in [3.63, 3.8) is 0 Å². The zero-order chi connectivity index (χ0) is 22.0. The lowest BCUT2D eigenvalue weighted by molar-refractivity contribution is 0.229. The van der Waals surface area contributed by atoms with Gasteiger partial charge in [-0.25, -0.2) is 9.97 Å². The van der Waals surface area contributed by atoms with Gasteiger partial charge in [0.2, 0.25) is 5.88 Å². The standard InChI is InChI=1S/C22H24ClN5O3/c1-13-9-17(14(2)25-21(13)30-3)26-20-22(29)28(11-19(23)27-20)18(15-6-7-15)12-31-16-5-4-8-24-10-16/h4-5,8-11,15,18H,6-7,12H2,1-3H3,(H,26,27)/t18-/m1/s1. The number of hydrogen-bond donors (Lipinski definition) is 1. The van der Waals surface area contributed by atoms with Gasteiger partial charge in [0.15, 0.2) is 5.82 Å². The van der Waals surface area contributed by atoms with Gasteiger partial charge in [0, 0.05) is 18.0 Å². The molecule has 0 saturated heterocycles. The summed E-state index contributed by atoms with van der Waals surface area (Å²) in [6, 6.07) is 5.38. The molecule has 1 aliphatic carbocycles. The first kappa shape index (κ1) is 21.1. The van der Waals surface area contributed by atoms with Crippen LogP contribution < -0.4 is 20.3 Å². The van der Waals surface area contributed by atoms with E-state index in [-0.39, 0.29) is 22.6 Å². The zero-order valence-corrected chi connectivity index (χ0v) is 18.4. The van der Waals surface area contributed by atoms with Crippen molar-refractivity contribution in [3.05, 3.63) is 63.6 Å². The summed E-state index contributed by atoms with van der Waals surface area (Å²) < 4.78 is 12.8. The normalized spacial score (nSPS) is 14.2. The Kier molecular flexibility index (Phi) is 6.08. The van der Waals surface area contributed by atoms with Gasteiger partial charge in [-0.2, -0.15) is 0 Å². The van der Waals surface area contributed by atoms with Crippen molar-refractivity contribution in [2.24, 2.45) is 5.92 Å². The van der Waals surface area contributed by atoms with E-state index >= 15 is 0 Å². The fourth-order valence-electron chi connectivity index (χ4n) is 3.49. The van der Waals surface area contributed by atoms with Crippen molar-refractivity contribution in [2.45, 2.75) is 32.7 Å². The Labute approximate surface area is 185 Å². The molecule has 3 heterocycles. The summed E-state index contributed by atoms with van der Waals surface area (Å²) in [5.74, 6) is 1.71. The Hall–Kier alpha value is -3.13. The van der Waals surface area contributed by atoms with Gasteiger partial charge in [-0.3, -0.25) is 9.78 Å². The molecule has 0 radical (unpaired) electrons. The van der Waals surface area contributed by atoms with Crippen LogP contribution in [0.15, 0.2) is 41.6 Å². The molecule has 162 valence electrons. The second kappa shape index (κ2) is 8.93. The van der Waals surface area contributed by atoms with E-state index in [2.05, 4.69) is 20.3 Å². The first-order chi connectivity index (χ1) is 15.0. The van der Waals surface area contributed by atoms with Gasteiger partial charge in [0.25, 0.3) is 5.56 Å². The average Bonchev–Trinajstić information content (AvgIpc) is 3.59. The number of nitrogens with zero attached hydrogens (tertiary/aromatic N) is 4. The Morgan fingerprint density at radius 1 is 1.32 bits per heavy atom. The summed E-state index contributed by atoms with van der Waals surface area (Å²) in [5.41, 5.74) is 1.95. The van der Waals surface area contributed by atoms with Gasteiger partial charge in [-0.05, 0) is 50.8 Å². The number of methoxy groups -OCH3 is 1. The number of hydrogen-bond acceptors (Lipinski definition) is 7. The summed E-state index contributed by atoms with van der Waals surface area (Å²) >= 11 is 6.30. The van der Waals surface area contributed by atoms with Crippen LogP contribution in [0.4, 0.5) is 11.5 Å². The predicted octanol–water partition coefficient (Wildman–Crippen LogP) is 4.09. The topological polar surface area (TPSA) is 91.2 Å². The molecule has 1 N–H and O–H groups in total. The fraction of sp³-hybridized carbons (Fsp3) is 0.364. The maximum absolute atomic E-state index is 13.3. The molecule has 0 unspecified atom stereocenters. The first-order valence-corrected chi connectivity index (χ1v) is 10.4. The molecule has 3 aromatic heterocycles. The summed E-state index contributed by atoms with van der Waals surface area (Å²) in [5, 5.41) is 3.33. The van der Waals surface area contributed by atoms with Crippen molar-refractivity contribution < 1.29 is 9.47 Å². The van der Waals surface area contributed by atoms with Crippen molar-refractivity contribution in [2.75, 3.05) is 19.0 Å². The lowest BCUT2D eigenvalue weighted by atomic mass is 10.2. The number of aryl methyl sites for hydroxylation is 2. The van der Waals surface area contributed by atoms with Crippen LogP contribution in [-0.2, 0) is 0 Å². The van der Waals surface area contributed by atoms with E-state index in [1.807, 2.05) is 32.0 Å². The molecule has 1 saturated carbocycles. The monoisotopic (exact) mass is 441 g/mol. The molecular weight excluding hydrogens is 418 g/mol. The lowest BCUT2D eigenvalue weighted by Crippen LogP contribution is -2.31. The quantitative estimate of drug-likeness (QED) is 0.563. The largest absolute Gasteiger partial charge is 0.490 e. The molecule has 0 bridgehead atoms. The van der Waals surface area contributed by atoms with Crippen LogP contribution in [0.3, 0.4) is 0 Å². The SMILES string of the molecule is COc1nc(C)c(Nc2nc(Cl)cn([C@H](COc3cccnc3)C3CC3)c2=O)cc1C. The molecule has 0 aliphatic heterocycles. The van der Waals surface area contributed by atoms with Gasteiger partial charge in [0.05, 0.1) is 30.7 Å². The minimum absolute atomic E-state index is 0.147. The summed E-state index contributed by atoms with van der Waals surface area (Å²) in [4.78, 5) is 26.0. The van der Waals surface area contributed by atoms with E-state index in [4.69, 9.17) is 21.1 Å². The number of pyridine rings is 2. The van der Waals surface area contributed by atoms with Gasteiger partial charge < -0.3 is 19.4 Å². The van der Waals surface area contributed by atoms with E-state index < -0.39 is 0 Å². The molecule has 3 aromatic rings. The lowest BCUT2D eigenvalue weighted by Gasteiger charge is -2.21. The Morgan fingerprint density at radius 2 is 2.13 bits per heavy atom. The van der Waals surface area contributed by atoms with Crippen LogP contribution in [-0.4, -0.2) is 33.2 Å². The maximum atomic E-state index is 13.3. The molecule has 9 heteroatoms. The molecule has 0 amide bonds. The molecule has 8 nitrogen and oxygen atoms in total. The highest BCUT2D eigenvalue weighted by molar-refractivity contribution is 6.29. The highest BCUT2D eigenvalue weighted by Gasteiger charge is 2.34. The molecule has 1 fully saturated rings. The van der Waals surface area contributed by atoms with Gasteiger partial charge in [-0.15, -0.1) is 0 Å². The van der Waals surface area contributed by atoms with E-state index in [0.717, 1.165) is 18.4 Å². The number of aromatic nitrogens is 4. The van der Waals surface area contributed by atoms with Gasteiger partial charge in [0.1, 0.15) is 17.5 Å². The third-order valence-electron chi connectivity index (χ3n) is 5.28. The van der Waals surface area contributed by atoms with E-state index in [1.54, 1.807) is 30.3 Å². The third-order valence-corrected chi connectivity index (χ3v) is 5.47. The van der Waals surface area contributed by atoms with E-state index in [0.29, 0.717) is 35.5 Å². The van der Waals surface area contributed by atoms with Crippen molar-refractivity contribution >= 4 is 23.1 Å². The Bertz CT molecular complexity index is 1130. The average molecular weight is 442 g/mol. The number of anilines is 2. The first-order valence-electron chi connectivity index (χ1n) is 10.1. The molecular formula is C22H24ClN5O3. The van der Waals surface area contributed by atoms with Gasteiger partial charge in [-0.1, -0.05) is 11.6 Å². The third kappa shape index (κ3) is 4.80. The minimum Gasteiger partial charge on any atom is -0.490 e. The van der Waals surface area contributed by atoms with Crippen molar-refractivity contribution in [1.82, 2.24) is 19.5 Å². The molecule has 1 atom stereocenters. The second-order valence-corrected chi connectivity index (χ2v) is 7.99. The summed E-state index contributed by atoms with van der Waals surface area (Å²) in [6.45, 7) is 4.07. The van der Waals surface area contributed by atoms with E-state index in [1.165, 1.54) is 0 Å². The van der Waals surface area contributed by atoms with Crippen LogP contribution in [0.5, 0.6) is 11.6 Å². The van der Waals surface area contributed by atoms with Crippen LogP contribution in [0.2, 0.25) is 5.15 Å². The van der Waals surface area contributed by atoms with Crippen LogP contribution in [0.25, 0.3) is 0 Å². The number of halogens is 1. The minimum atomic E-state index is -0.260. The highest BCUT2D eigenvalue weighted by Crippen LogP contribution is 2.40. The van der Waals surface area contributed by atoms with Crippen LogP contribution >= 0.6 is 11.6 Å². The number of ether oxygens (including phenoxy) is 2. The number of rotatable bonds is 8. The summed E-state index contributed by atoms with van der Waals surface area (Å²) in [6.07, 6.45) is 7.00. The van der Waals surface area contributed by atoms with Crippen LogP contribution in [0.1, 0.15) is 30.1 Å². The molecule has 0 spiro atoms. The highest BCUT2D eigenvalue weighted by atomic mass is 35.5. The number of nitrogens with one attached hydrogen (secondary N) is 1. The fourth-order valence-corrected chi connectivity index (χ4v) is 3.68. The van der Waals surface area contributed by atoms with E-state index in [9.17, 15) is 4.79 Å². The predicted molar refractivity (Wildman–Crippen MR) is 119 cm³/mol. The molecule has 1 aliphatic rings. The molecule has 4 rings (SSSR count). The second-order valence-electron chi connectivity index (χ2n) is 7.60. The molecule has 31 heavy (non-hydrogen) atoms. The van der Waals surface area contributed by atoms with Gasteiger partial charge >= 0.3 is 0 Å². The Morgan fingerprint density at radius 3 is 2.81 bits per heavy atom. The van der Waals surface area contributed by atoms with Crippen LogP contribution in [0, 0.1) is 19.8 Å². The Balaban J connectivity index is 1.63. The van der Waals surface area contributed by atoms with Crippen molar-refractivity contribution in [3.8, 4) is 11.6 Å². The molecule has 0 aromatic carbocycles.